The molecule has 1 unspecified atom stereocenters. The number of aromatic nitrogens is 1. The number of benzene rings is 6. The number of furan rings is 1. The molecule has 10 rings (SSSR count). The summed E-state index contributed by atoms with van der Waals surface area (Å²) in [5, 5.41) is 3.71. The maximum atomic E-state index is 6.44. The average molecular weight is 591 g/mol. The summed E-state index contributed by atoms with van der Waals surface area (Å²) in [6, 6.07) is 52.6. The van der Waals surface area contributed by atoms with E-state index in [2.05, 4.69) is 168 Å². The highest BCUT2D eigenvalue weighted by atomic mass is 16.3. The van der Waals surface area contributed by atoms with Crippen molar-refractivity contribution >= 4 is 50.2 Å². The fourth-order valence-electron chi connectivity index (χ4n) is 8.11. The van der Waals surface area contributed by atoms with Gasteiger partial charge >= 0.3 is 0 Å². The van der Waals surface area contributed by atoms with E-state index in [-0.39, 0.29) is 5.41 Å². The van der Waals surface area contributed by atoms with Crippen LogP contribution in [0.25, 0.3) is 55.7 Å². The monoisotopic (exact) mass is 590 g/mol. The van der Waals surface area contributed by atoms with Crippen molar-refractivity contribution in [1.29, 1.82) is 0 Å². The molecular formula is C43H30N2O. The van der Waals surface area contributed by atoms with Crippen molar-refractivity contribution in [2.75, 3.05) is 4.90 Å². The third-order valence-corrected chi connectivity index (χ3v) is 10.2. The Labute approximate surface area is 267 Å². The zero-order valence-electron chi connectivity index (χ0n) is 25.4. The Balaban J connectivity index is 1.17. The van der Waals surface area contributed by atoms with Gasteiger partial charge in [0.1, 0.15) is 11.3 Å². The van der Waals surface area contributed by atoms with Crippen LogP contribution in [-0.2, 0) is 11.8 Å². The summed E-state index contributed by atoms with van der Waals surface area (Å²) >= 11 is 0. The minimum atomic E-state index is -0.200. The summed E-state index contributed by atoms with van der Waals surface area (Å²) in [6.45, 7) is 2.37. The standard InChI is InChI=1S/C43H30N2O/c1-43-27-41-34(33-18-5-11-24-40(33)46-41)26-42(43)44(39-23-10-6-19-35(39)43)29-14-12-13-28(25-29)30-15-2-7-20-36(30)45-37-21-8-3-16-31(37)32-17-4-9-22-38(32)45/h2-26H,27H2,1H3. The second kappa shape index (κ2) is 9.35. The molecule has 0 fully saturated rings. The highest BCUT2D eigenvalue weighted by Crippen LogP contribution is 2.56. The second-order valence-corrected chi connectivity index (χ2v) is 12.8. The number of fused-ring (bicyclic) bond motifs is 9. The smallest absolute Gasteiger partial charge is 0.134 e. The molecule has 3 heterocycles. The molecule has 2 aromatic heterocycles. The first-order valence-electron chi connectivity index (χ1n) is 16.0. The van der Waals surface area contributed by atoms with E-state index in [4.69, 9.17) is 4.42 Å². The number of nitrogens with zero attached hydrogens (tertiary/aromatic N) is 2. The SMILES string of the molecule is CC12Cc3oc4ccccc4c3C=C1N(c1cccc(-c3ccccc3-n3c4ccccc4c4ccccc43)c1)c1ccccc12. The minimum absolute atomic E-state index is 0.200. The maximum absolute atomic E-state index is 6.44. The molecule has 0 saturated carbocycles. The van der Waals surface area contributed by atoms with Crippen molar-refractivity contribution in [2.24, 2.45) is 0 Å². The summed E-state index contributed by atoms with van der Waals surface area (Å²) in [6.07, 6.45) is 3.20. The van der Waals surface area contributed by atoms with Crippen LogP contribution in [-0.4, -0.2) is 4.57 Å². The van der Waals surface area contributed by atoms with E-state index in [0.29, 0.717) is 0 Å². The molecule has 0 bridgehead atoms. The predicted molar refractivity (Wildman–Crippen MR) is 190 cm³/mol. The zero-order chi connectivity index (χ0) is 30.4. The van der Waals surface area contributed by atoms with E-state index in [1.54, 1.807) is 0 Å². The van der Waals surface area contributed by atoms with Crippen molar-refractivity contribution in [2.45, 2.75) is 18.8 Å². The third kappa shape index (κ3) is 3.43. The van der Waals surface area contributed by atoms with Crippen LogP contribution in [0.15, 0.2) is 156 Å². The van der Waals surface area contributed by atoms with Crippen LogP contribution in [0, 0.1) is 0 Å². The van der Waals surface area contributed by atoms with Crippen LogP contribution >= 0.6 is 0 Å². The Morgan fingerprint density at radius 3 is 2.07 bits per heavy atom. The fourth-order valence-corrected chi connectivity index (χ4v) is 8.11. The number of rotatable bonds is 3. The molecule has 0 saturated heterocycles. The largest absolute Gasteiger partial charge is 0.460 e. The van der Waals surface area contributed by atoms with Crippen molar-refractivity contribution < 1.29 is 4.42 Å². The van der Waals surface area contributed by atoms with Gasteiger partial charge in [-0.3, -0.25) is 0 Å². The van der Waals surface area contributed by atoms with E-state index < -0.39 is 0 Å². The highest BCUT2D eigenvalue weighted by molar-refractivity contribution is 6.09. The number of allylic oxidation sites excluding steroid dienone is 1. The molecule has 218 valence electrons. The number of anilines is 2. The molecular weight excluding hydrogens is 560 g/mol. The summed E-state index contributed by atoms with van der Waals surface area (Å²) in [7, 11) is 0. The molecule has 46 heavy (non-hydrogen) atoms. The van der Waals surface area contributed by atoms with Gasteiger partial charge in [0.2, 0.25) is 0 Å². The van der Waals surface area contributed by atoms with Gasteiger partial charge in [0.25, 0.3) is 0 Å². The summed E-state index contributed by atoms with van der Waals surface area (Å²) < 4.78 is 8.86. The molecule has 8 aromatic rings. The minimum Gasteiger partial charge on any atom is -0.460 e. The molecule has 0 amide bonds. The predicted octanol–water partition coefficient (Wildman–Crippen LogP) is 11.2. The lowest BCUT2D eigenvalue weighted by atomic mass is 9.74. The van der Waals surface area contributed by atoms with E-state index in [1.807, 2.05) is 0 Å². The van der Waals surface area contributed by atoms with Gasteiger partial charge in [-0.15, -0.1) is 0 Å². The van der Waals surface area contributed by atoms with E-state index >= 15 is 0 Å². The van der Waals surface area contributed by atoms with Gasteiger partial charge in [0.05, 0.1) is 16.7 Å². The number of hydrogen-bond donors (Lipinski definition) is 0. The van der Waals surface area contributed by atoms with Gasteiger partial charge in [-0.05, 0) is 66.6 Å². The Morgan fingerprint density at radius 2 is 1.26 bits per heavy atom. The molecule has 1 atom stereocenters. The zero-order valence-corrected chi connectivity index (χ0v) is 25.4. The summed E-state index contributed by atoms with van der Waals surface area (Å²) in [5.41, 5.74) is 13.0. The third-order valence-electron chi connectivity index (χ3n) is 10.2. The van der Waals surface area contributed by atoms with E-state index in [9.17, 15) is 0 Å². The molecule has 3 heteroatoms. The average Bonchev–Trinajstić information content (AvgIpc) is 3.72. The van der Waals surface area contributed by atoms with Crippen LogP contribution in [0.4, 0.5) is 11.4 Å². The first-order valence-corrected chi connectivity index (χ1v) is 16.0. The quantitative estimate of drug-likeness (QED) is 0.204. The highest BCUT2D eigenvalue weighted by Gasteiger charge is 2.47. The van der Waals surface area contributed by atoms with Crippen molar-refractivity contribution in [3.8, 4) is 16.8 Å². The van der Waals surface area contributed by atoms with E-state index in [1.165, 1.54) is 66.5 Å². The first-order chi connectivity index (χ1) is 22.7. The molecule has 0 radical (unpaired) electrons. The van der Waals surface area contributed by atoms with Gasteiger partial charge in [-0.2, -0.15) is 0 Å². The van der Waals surface area contributed by atoms with Gasteiger partial charge in [0.15, 0.2) is 0 Å². The van der Waals surface area contributed by atoms with Gasteiger partial charge in [-0.25, -0.2) is 0 Å². The lowest BCUT2D eigenvalue weighted by molar-refractivity contribution is 0.466. The Kier molecular flexibility index (Phi) is 5.19. The van der Waals surface area contributed by atoms with Gasteiger partial charge in [0, 0.05) is 56.2 Å². The maximum Gasteiger partial charge on any atom is 0.134 e. The summed E-state index contributed by atoms with van der Waals surface area (Å²) in [5.74, 6) is 1.07. The topological polar surface area (TPSA) is 21.3 Å². The molecule has 6 aromatic carbocycles. The fraction of sp³-hybridized carbons (Fsp3) is 0.0698. The first kappa shape index (κ1) is 25.5. The Bertz CT molecular complexity index is 2490. The molecule has 0 spiro atoms. The lowest BCUT2D eigenvalue weighted by Crippen LogP contribution is -2.30. The molecule has 0 N–H and O–H groups in total. The van der Waals surface area contributed by atoms with Gasteiger partial charge < -0.3 is 13.9 Å². The Morgan fingerprint density at radius 1 is 0.609 bits per heavy atom. The molecule has 1 aliphatic carbocycles. The normalized spacial score (nSPS) is 16.9. The van der Waals surface area contributed by atoms with Crippen molar-refractivity contribution in [3.63, 3.8) is 0 Å². The Hall–Kier alpha value is -5.80. The molecule has 2 aliphatic rings. The van der Waals surface area contributed by atoms with Crippen LogP contribution in [0.1, 0.15) is 23.8 Å². The van der Waals surface area contributed by atoms with Crippen molar-refractivity contribution in [1.82, 2.24) is 4.57 Å². The molecule has 1 aliphatic heterocycles. The van der Waals surface area contributed by atoms with Gasteiger partial charge in [-0.1, -0.05) is 103 Å². The number of para-hydroxylation sites is 5. The lowest BCUT2D eigenvalue weighted by Gasteiger charge is -2.33. The van der Waals surface area contributed by atoms with E-state index in [0.717, 1.165) is 23.5 Å². The van der Waals surface area contributed by atoms with Crippen LogP contribution in [0.3, 0.4) is 0 Å². The molecule has 3 nitrogen and oxygen atoms in total. The number of hydrogen-bond acceptors (Lipinski definition) is 2. The van der Waals surface area contributed by atoms with Crippen LogP contribution in [0.5, 0.6) is 0 Å². The van der Waals surface area contributed by atoms with Crippen LogP contribution < -0.4 is 4.90 Å². The second-order valence-electron chi connectivity index (χ2n) is 12.8. The summed E-state index contributed by atoms with van der Waals surface area (Å²) in [4.78, 5) is 2.48. The van der Waals surface area contributed by atoms with Crippen LogP contribution in [0.2, 0.25) is 0 Å². The van der Waals surface area contributed by atoms with Crippen molar-refractivity contribution in [3.05, 3.63) is 168 Å².